The number of nitrogens with zero attached hydrogens (tertiary/aromatic N) is 1. The third kappa shape index (κ3) is 5.12. The number of ether oxygens (including phenoxy) is 2. The summed E-state index contributed by atoms with van der Waals surface area (Å²) in [5.74, 6) is 0.353. The molecule has 1 aliphatic heterocycles. The normalized spacial score (nSPS) is 26.4. The fourth-order valence-electron chi connectivity index (χ4n) is 4.55. The maximum atomic E-state index is 12.5. The Morgan fingerprint density at radius 2 is 1.97 bits per heavy atom. The van der Waals surface area contributed by atoms with Crippen molar-refractivity contribution in [1.82, 2.24) is 10.2 Å². The maximum absolute atomic E-state index is 12.5. The third-order valence-electron chi connectivity index (χ3n) is 6.57. The van der Waals surface area contributed by atoms with E-state index in [0.717, 1.165) is 18.4 Å². The SMILES string of the molecule is COc1ccccc1CNC(=O)COC(=O)[C@@H]1CC(=O)N([C@@H]2CCC[C@H](C)[C@H]2C)C1. The van der Waals surface area contributed by atoms with Crippen molar-refractivity contribution in [2.24, 2.45) is 17.8 Å². The number of amides is 2. The second kappa shape index (κ2) is 9.96. The molecule has 1 N–H and O–H groups in total. The van der Waals surface area contributed by atoms with Gasteiger partial charge in [0.15, 0.2) is 6.61 Å². The van der Waals surface area contributed by atoms with E-state index in [4.69, 9.17) is 9.47 Å². The molecule has 164 valence electrons. The molecule has 1 saturated heterocycles. The molecule has 1 aliphatic carbocycles. The van der Waals surface area contributed by atoms with Gasteiger partial charge in [-0.15, -0.1) is 0 Å². The van der Waals surface area contributed by atoms with Gasteiger partial charge in [-0.25, -0.2) is 0 Å². The molecule has 1 saturated carbocycles. The zero-order valence-electron chi connectivity index (χ0n) is 18.1. The predicted octanol–water partition coefficient (Wildman–Crippen LogP) is 2.53. The van der Waals surface area contributed by atoms with E-state index >= 15 is 0 Å². The first-order valence-electron chi connectivity index (χ1n) is 10.8. The van der Waals surface area contributed by atoms with Crippen LogP contribution in [0.15, 0.2) is 24.3 Å². The van der Waals surface area contributed by atoms with E-state index in [2.05, 4.69) is 19.2 Å². The number of carbonyl (C=O) groups is 3. The number of carbonyl (C=O) groups excluding carboxylic acids is 3. The largest absolute Gasteiger partial charge is 0.496 e. The molecule has 2 aliphatic rings. The molecule has 0 aromatic heterocycles. The van der Waals surface area contributed by atoms with E-state index < -0.39 is 11.9 Å². The summed E-state index contributed by atoms with van der Waals surface area (Å²) in [5, 5.41) is 2.73. The number of esters is 1. The van der Waals surface area contributed by atoms with Gasteiger partial charge in [0.05, 0.1) is 13.0 Å². The quantitative estimate of drug-likeness (QED) is 0.691. The topological polar surface area (TPSA) is 84.9 Å². The second-order valence-electron chi connectivity index (χ2n) is 8.48. The molecular weight excluding hydrogens is 384 g/mol. The molecule has 30 heavy (non-hydrogen) atoms. The number of nitrogens with one attached hydrogen (secondary N) is 1. The summed E-state index contributed by atoms with van der Waals surface area (Å²) in [6.45, 7) is 4.75. The van der Waals surface area contributed by atoms with Crippen LogP contribution >= 0.6 is 0 Å². The lowest BCUT2D eigenvalue weighted by molar-refractivity contribution is -0.152. The Balaban J connectivity index is 1.46. The van der Waals surface area contributed by atoms with Crippen LogP contribution in [0.1, 0.15) is 45.1 Å². The first-order valence-corrected chi connectivity index (χ1v) is 10.8. The van der Waals surface area contributed by atoms with Gasteiger partial charge in [-0.2, -0.15) is 0 Å². The molecule has 1 aromatic carbocycles. The van der Waals surface area contributed by atoms with E-state index in [-0.39, 0.29) is 37.4 Å². The maximum Gasteiger partial charge on any atom is 0.311 e. The van der Waals surface area contributed by atoms with Gasteiger partial charge in [-0.3, -0.25) is 14.4 Å². The van der Waals surface area contributed by atoms with Crippen molar-refractivity contribution >= 4 is 17.8 Å². The van der Waals surface area contributed by atoms with Crippen LogP contribution in [-0.2, 0) is 25.7 Å². The monoisotopic (exact) mass is 416 g/mol. The smallest absolute Gasteiger partial charge is 0.311 e. The molecule has 0 spiro atoms. The number of rotatable bonds is 7. The van der Waals surface area contributed by atoms with Gasteiger partial charge in [0.2, 0.25) is 5.91 Å². The van der Waals surface area contributed by atoms with Crippen LogP contribution in [0, 0.1) is 17.8 Å². The van der Waals surface area contributed by atoms with Gasteiger partial charge in [-0.1, -0.05) is 44.9 Å². The fraction of sp³-hybridized carbons (Fsp3) is 0.609. The summed E-state index contributed by atoms with van der Waals surface area (Å²) in [4.78, 5) is 38.9. The van der Waals surface area contributed by atoms with Gasteiger partial charge in [0.25, 0.3) is 5.91 Å². The molecule has 3 rings (SSSR count). The Labute approximate surface area is 178 Å². The van der Waals surface area contributed by atoms with Crippen molar-refractivity contribution < 1.29 is 23.9 Å². The summed E-state index contributed by atoms with van der Waals surface area (Å²) >= 11 is 0. The van der Waals surface area contributed by atoms with Crippen LogP contribution in [-0.4, -0.2) is 49.0 Å². The van der Waals surface area contributed by atoms with Gasteiger partial charge in [0.1, 0.15) is 5.75 Å². The van der Waals surface area contributed by atoms with E-state index in [1.54, 1.807) is 7.11 Å². The third-order valence-corrected chi connectivity index (χ3v) is 6.57. The number of hydrogen-bond acceptors (Lipinski definition) is 5. The highest BCUT2D eigenvalue weighted by molar-refractivity contribution is 5.88. The first kappa shape index (κ1) is 22.1. The molecule has 1 aromatic rings. The Hall–Kier alpha value is -2.57. The zero-order valence-corrected chi connectivity index (χ0v) is 18.1. The summed E-state index contributed by atoms with van der Waals surface area (Å²) in [6.07, 6.45) is 3.46. The molecule has 4 atom stereocenters. The van der Waals surface area contributed by atoms with Crippen LogP contribution in [0.25, 0.3) is 0 Å². The highest BCUT2D eigenvalue weighted by Crippen LogP contribution is 2.35. The van der Waals surface area contributed by atoms with Crippen molar-refractivity contribution in [2.45, 2.75) is 52.1 Å². The molecule has 0 radical (unpaired) electrons. The van der Waals surface area contributed by atoms with Crippen LogP contribution < -0.4 is 10.1 Å². The van der Waals surface area contributed by atoms with Crippen LogP contribution in [0.5, 0.6) is 5.75 Å². The van der Waals surface area contributed by atoms with Crippen LogP contribution in [0.3, 0.4) is 0 Å². The highest BCUT2D eigenvalue weighted by Gasteiger charge is 2.42. The average Bonchev–Trinajstić information content (AvgIpc) is 3.14. The predicted molar refractivity (Wildman–Crippen MR) is 112 cm³/mol. The zero-order chi connectivity index (χ0) is 21.7. The molecule has 1 heterocycles. The Kier molecular flexibility index (Phi) is 7.34. The van der Waals surface area contributed by atoms with Gasteiger partial charge in [-0.05, 0) is 24.3 Å². The minimum atomic E-state index is -0.496. The second-order valence-corrected chi connectivity index (χ2v) is 8.48. The molecule has 7 nitrogen and oxygen atoms in total. The molecular formula is C23H32N2O5. The van der Waals surface area contributed by atoms with Crippen molar-refractivity contribution in [3.8, 4) is 5.75 Å². The number of methoxy groups -OCH3 is 1. The van der Waals surface area contributed by atoms with E-state index in [9.17, 15) is 14.4 Å². The Morgan fingerprint density at radius 3 is 2.73 bits per heavy atom. The minimum absolute atomic E-state index is 0.0172. The standard InChI is InChI=1S/C23H32N2O5/c1-15-7-6-9-19(16(15)2)25-13-18(11-22(25)27)23(28)30-14-21(26)24-12-17-8-4-5-10-20(17)29-3/h4-5,8,10,15-16,18-19H,6-7,9,11-14H2,1-3H3,(H,24,26)/t15-,16+,18+,19+/m0/s1. The summed E-state index contributed by atoms with van der Waals surface area (Å²) in [6, 6.07) is 7.59. The van der Waals surface area contributed by atoms with Crippen LogP contribution in [0.2, 0.25) is 0 Å². The fourth-order valence-corrected chi connectivity index (χ4v) is 4.55. The summed E-state index contributed by atoms with van der Waals surface area (Å²) < 4.78 is 10.5. The van der Waals surface area contributed by atoms with E-state index in [0.29, 0.717) is 24.1 Å². The van der Waals surface area contributed by atoms with Crippen molar-refractivity contribution in [2.75, 3.05) is 20.3 Å². The van der Waals surface area contributed by atoms with E-state index in [1.807, 2.05) is 29.2 Å². The van der Waals surface area contributed by atoms with Gasteiger partial charge < -0.3 is 19.7 Å². The lowest BCUT2D eigenvalue weighted by Gasteiger charge is -2.39. The lowest BCUT2D eigenvalue weighted by Crippen LogP contribution is -2.45. The number of likely N-dealkylation sites (tertiary alicyclic amines) is 1. The molecule has 7 heteroatoms. The molecule has 0 unspecified atom stereocenters. The minimum Gasteiger partial charge on any atom is -0.496 e. The van der Waals surface area contributed by atoms with Crippen molar-refractivity contribution in [3.05, 3.63) is 29.8 Å². The Bertz CT molecular complexity index is 781. The number of hydrogen-bond donors (Lipinski definition) is 1. The summed E-state index contributed by atoms with van der Waals surface area (Å²) in [7, 11) is 1.57. The van der Waals surface area contributed by atoms with Gasteiger partial charge >= 0.3 is 5.97 Å². The summed E-state index contributed by atoms with van der Waals surface area (Å²) in [5.41, 5.74) is 0.840. The average molecular weight is 417 g/mol. The lowest BCUT2D eigenvalue weighted by atomic mass is 9.77. The number of benzene rings is 1. The van der Waals surface area contributed by atoms with Crippen LogP contribution in [0.4, 0.5) is 0 Å². The van der Waals surface area contributed by atoms with Crippen molar-refractivity contribution in [1.29, 1.82) is 0 Å². The first-order chi connectivity index (χ1) is 14.4. The van der Waals surface area contributed by atoms with Crippen molar-refractivity contribution in [3.63, 3.8) is 0 Å². The Morgan fingerprint density at radius 1 is 1.20 bits per heavy atom. The van der Waals surface area contributed by atoms with Gasteiger partial charge in [0, 0.05) is 31.1 Å². The molecule has 2 amide bonds. The molecule has 0 bridgehead atoms. The molecule has 2 fully saturated rings. The number of para-hydroxylation sites is 1. The van der Waals surface area contributed by atoms with E-state index in [1.165, 1.54) is 6.42 Å². The highest BCUT2D eigenvalue weighted by atomic mass is 16.5.